The molecule has 1 aliphatic rings. The smallest absolute Gasteiger partial charge is 0.142 e. The first-order valence-electron chi connectivity index (χ1n) is 5.19. The highest BCUT2D eigenvalue weighted by Crippen LogP contribution is 2.31. The maximum Gasteiger partial charge on any atom is 0.142 e. The van der Waals surface area contributed by atoms with Crippen LogP contribution in [0, 0.1) is 19.8 Å². The Kier molecular flexibility index (Phi) is 2.39. The predicted octanol–water partition coefficient (Wildman–Crippen LogP) is 1.76. The van der Waals surface area contributed by atoms with Gasteiger partial charge in [-0.1, -0.05) is 17.3 Å². The van der Waals surface area contributed by atoms with E-state index in [9.17, 15) is 0 Å². The maximum atomic E-state index is 8.68. The van der Waals surface area contributed by atoms with Gasteiger partial charge in [-0.05, 0) is 48.9 Å². The molecule has 0 atom stereocenters. The van der Waals surface area contributed by atoms with Gasteiger partial charge in [0, 0.05) is 5.92 Å². The second-order valence-electron chi connectivity index (χ2n) is 4.29. The first-order valence-corrected chi connectivity index (χ1v) is 5.19. The van der Waals surface area contributed by atoms with Crippen LogP contribution in [0.5, 0.6) is 0 Å². The minimum absolute atomic E-state index is 0.171. The van der Waals surface area contributed by atoms with Crippen LogP contribution in [-0.2, 0) is 12.8 Å². The summed E-state index contributed by atoms with van der Waals surface area (Å²) in [7, 11) is 0. The van der Waals surface area contributed by atoms with Crippen LogP contribution >= 0.6 is 0 Å². The molecule has 0 aliphatic heterocycles. The molecule has 0 fully saturated rings. The second kappa shape index (κ2) is 3.57. The zero-order chi connectivity index (χ0) is 11.0. The Morgan fingerprint density at radius 1 is 1.27 bits per heavy atom. The summed E-state index contributed by atoms with van der Waals surface area (Å²) in [5.41, 5.74) is 11.0. The molecule has 80 valence electrons. The molecule has 1 aliphatic carbocycles. The Morgan fingerprint density at radius 3 is 2.13 bits per heavy atom. The molecule has 0 heterocycles. The summed E-state index contributed by atoms with van der Waals surface area (Å²) < 4.78 is 0. The lowest BCUT2D eigenvalue weighted by atomic mass is 10.0. The first-order chi connectivity index (χ1) is 7.13. The summed E-state index contributed by atoms with van der Waals surface area (Å²) in [4.78, 5) is 0. The van der Waals surface area contributed by atoms with E-state index in [0.717, 1.165) is 12.8 Å². The lowest BCUT2D eigenvalue weighted by Gasteiger charge is -2.05. The van der Waals surface area contributed by atoms with Gasteiger partial charge in [0.2, 0.25) is 0 Å². The van der Waals surface area contributed by atoms with Crippen molar-refractivity contribution in [1.29, 1.82) is 0 Å². The molecule has 1 aromatic rings. The van der Waals surface area contributed by atoms with Crippen LogP contribution in [0.1, 0.15) is 22.3 Å². The zero-order valence-corrected chi connectivity index (χ0v) is 9.12. The van der Waals surface area contributed by atoms with Crippen molar-refractivity contribution >= 4 is 5.84 Å². The lowest BCUT2D eigenvalue weighted by molar-refractivity contribution is 0.314. The van der Waals surface area contributed by atoms with E-state index in [2.05, 4.69) is 31.1 Å². The minimum Gasteiger partial charge on any atom is -0.409 e. The van der Waals surface area contributed by atoms with Crippen molar-refractivity contribution in [2.24, 2.45) is 16.8 Å². The van der Waals surface area contributed by atoms with Gasteiger partial charge in [-0.15, -0.1) is 0 Å². The van der Waals surface area contributed by atoms with Gasteiger partial charge in [0.1, 0.15) is 5.84 Å². The summed E-state index contributed by atoms with van der Waals surface area (Å²) >= 11 is 0. The van der Waals surface area contributed by atoms with Gasteiger partial charge in [-0.25, -0.2) is 0 Å². The van der Waals surface area contributed by atoms with Gasteiger partial charge in [0.05, 0.1) is 0 Å². The summed E-state index contributed by atoms with van der Waals surface area (Å²) in [5.74, 6) is 0.523. The quantitative estimate of drug-likeness (QED) is 0.317. The topological polar surface area (TPSA) is 58.6 Å². The van der Waals surface area contributed by atoms with Gasteiger partial charge >= 0.3 is 0 Å². The van der Waals surface area contributed by atoms with E-state index >= 15 is 0 Å². The highest BCUT2D eigenvalue weighted by molar-refractivity contribution is 5.83. The van der Waals surface area contributed by atoms with Crippen molar-refractivity contribution in [3.05, 3.63) is 34.4 Å². The average molecular weight is 204 g/mol. The number of nitrogens with zero attached hydrogens (tertiary/aromatic N) is 1. The molecule has 0 amide bonds. The molecule has 0 saturated carbocycles. The zero-order valence-electron chi connectivity index (χ0n) is 9.12. The van der Waals surface area contributed by atoms with Crippen molar-refractivity contribution in [3.63, 3.8) is 0 Å². The van der Waals surface area contributed by atoms with E-state index in [1.54, 1.807) is 0 Å². The summed E-state index contributed by atoms with van der Waals surface area (Å²) in [5, 5.41) is 11.8. The standard InChI is InChI=1S/C12H16N2O/c1-7-3-4-8(2)11-6-9(5-10(7)11)12(13)14-15/h3-4,9,15H,5-6H2,1-2H3,(H2,13,14). The molecule has 1 aromatic carbocycles. The molecular formula is C12H16N2O. The van der Waals surface area contributed by atoms with Gasteiger partial charge in [-0.2, -0.15) is 0 Å². The van der Waals surface area contributed by atoms with Crippen molar-refractivity contribution in [2.75, 3.05) is 0 Å². The van der Waals surface area contributed by atoms with Crippen LogP contribution in [0.25, 0.3) is 0 Å². The number of rotatable bonds is 1. The molecule has 0 spiro atoms. The monoisotopic (exact) mass is 204 g/mol. The molecule has 3 nitrogen and oxygen atoms in total. The van der Waals surface area contributed by atoms with Crippen LogP contribution in [0.2, 0.25) is 0 Å². The summed E-state index contributed by atoms with van der Waals surface area (Å²) in [6.45, 7) is 4.24. The third-order valence-electron chi connectivity index (χ3n) is 3.33. The van der Waals surface area contributed by atoms with Crippen molar-refractivity contribution in [3.8, 4) is 0 Å². The lowest BCUT2D eigenvalue weighted by Crippen LogP contribution is -2.24. The van der Waals surface area contributed by atoms with E-state index < -0.39 is 0 Å². The average Bonchev–Trinajstić information content (AvgIpc) is 2.68. The third-order valence-corrected chi connectivity index (χ3v) is 3.33. The molecule has 3 heteroatoms. The fourth-order valence-electron chi connectivity index (χ4n) is 2.35. The van der Waals surface area contributed by atoms with Crippen LogP contribution < -0.4 is 5.73 Å². The van der Waals surface area contributed by atoms with Gasteiger partial charge in [0.15, 0.2) is 0 Å². The third kappa shape index (κ3) is 1.58. The van der Waals surface area contributed by atoms with Gasteiger partial charge in [0.25, 0.3) is 0 Å². The number of fused-ring (bicyclic) bond motifs is 1. The van der Waals surface area contributed by atoms with E-state index in [4.69, 9.17) is 10.9 Å². The van der Waals surface area contributed by atoms with Crippen molar-refractivity contribution in [1.82, 2.24) is 0 Å². The second-order valence-corrected chi connectivity index (χ2v) is 4.29. The highest BCUT2D eigenvalue weighted by Gasteiger charge is 2.26. The highest BCUT2D eigenvalue weighted by atomic mass is 16.4. The molecule has 0 bridgehead atoms. The fraction of sp³-hybridized carbons (Fsp3) is 0.417. The number of aryl methyl sites for hydroxylation is 2. The van der Waals surface area contributed by atoms with Gasteiger partial charge in [-0.3, -0.25) is 0 Å². The predicted molar refractivity (Wildman–Crippen MR) is 60.2 cm³/mol. The minimum atomic E-state index is 0.171. The van der Waals surface area contributed by atoms with Gasteiger partial charge < -0.3 is 10.9 Å². The van der Waals surface area contributed by atoms with E-state index in [-0.39, 0.29) is 5.92 Å². The van der Waals surface area contributed by atoms with Crippen LogP contribution in [0.3, 0.4) is 0 Å². The molecule has 0 radical (unpaired) electrons. The Balaban J connectivity index is 2.38. The largest absolute Gasteiger partial charge is 0.409 e. The van der Waals surface area contributed by atoms with E-state index in [0.29, 0.717) is 5.84 Å². The first kappa shape index (κ1) is 10.0. The van der Waals surface area contributed by atoms with Crippen LogP contribution in [0.4, 0.5) is 0 Å². The number of nitrogens with two attached hydrogens (primary N) is 1. The van der Waals surface area contributed by atoms with E-state index in [1.165, 1.54) is 22.3 Å². The molecule has 0 aromatic heterocycles. The molecule has 3 N–H and O–H groups in total. The Labute approximate surface area is 89.6 Å². The normalized spacial score (nSPS) is 16.8. The number of hydrogen-bond donors (Lipinski definition) is 2. The van der Waals surface area contributed by atoms with E-state index in [1.807, 2.05) is 0 Å². The fourth-order valence-corrected chi connectivity index (χ4v) is 2.35. The molecule has 15 heavy (non-hydrogen) atoms. The summed E-state index contributed by atoms with van der Waals surface area (Å²) in [6.07, 6.45) is 1.80. The molecule has 0 saturated heterocycles. The van der Waals surface area contributed by atoms with Crippen molar-refractivity contribution in [2.45, 2.75) is 26.7 Å². The SMILES string of the molecule is Cc1ccc(C)c2c1CC(/C(N)=N/O)C2. The summed E-state index contributed by atoms with van der Waals surface area (Å²) in [6, 6.07) is 4.28. The number of oxime groups is 1. The number of hydrogen-bond acceptors (Lipinski definition) is 2. The number of benzene rings is 1. The molecule has 2 rings (SSSR count). The Hall–Kier alpha value is -1.51. The number of amidine groups is 1. The van der Waals surface area contributed by atoms with Crippen LogP contribution in [-0.4, -0.2) is 11.0 Å². The Bertz CT molecular complexity index is 393. The Morgan fingerprint density at radius 2 is 1.73 bits per heavy atom. The molecular weight excluding hydrogens is 188 g/mol. The van der Waals surface area contributed by atoms with Crippen LogP contribution in [0.15, 0.2) is 17.3 Å². The van der Waals surface area contributed by atoms with Crippen molar-refractivity contribution < 1.29 is 5.21 Å². The maximum absolute atomic E-state index is 8.68. The molecule has 0 unspecified atom stereocenters.